The molecule has 1 saturated carbocycles. The lowest BCUT2D eigenvalue weighted by Gasteiger charge is -2.43. The van der Waals surface area contributed by atoms with Crippen molar-refractivity contribution in [3.8, 4) is 0 Å². The van der Waals surface area contributed by atoms with Crippen molar-refractivity contribution in [1.29, 1.82) is 0 Å². The van der Waals surface area contributed by atoms with Gasteiger partial charge in [0.2, 0.25) is 6.29 Å². The Balaban J connectivity index is 1.76. The molecule has 0 N–H and O–H groups in total. The fourth-order valence-electron chi connectivity index (χ4n) is 3.57. The monoisotopic (exact) mass is 303 g/mol. The van der Waals surface area contributed by atoms with E-state index in [-0.39, 0.29) is 22.3 Å². The summed E-state index contributed by atoms with van der Waals surface area (Å²) in [4.78, 5) is 10.4. The molecular weight excluding hydrogens is 282 g/mol. The maximum Gasteiger partial charge on any atom is 0.269 e. The second-order valence-electron chi connectivity index (χ2n) is 6.83. The normalized spacial score (nSPS) is 27.2. The summed E-state index contributed by atoms with van der Waals surface area (Å²) >= 11 is 0. The van der Waals surface area contributed by atoms with Crippen molar-refractivity contribution in [1.82, 2.24) is 0 Å². The van der Waals surface area contributed by atoms with Gasteiger partial charge in [0, 0.05) is 18.1 Å². The lowest BCUT2D eigenvalue weighted by atomic mass is 9.64. The first-order valence-corrected chi connectivity index (χ1v) is 7.68. The smallest absolute Gasteiger partial charge is 0.269 e. The van der Waals surface area contributed by atoms with Gasteiger partial charge in [0.15, 0.2) is 0 Å². The van der Waals surface area contributed by atoms with E-state index < -0.39 is 0 Å². The predicted molar refractivity (Wildman–Crippen MR) is 82.1 cm³/mol. The summed E-state index contributed by atoms with van der Waals surface area (Å²) in [5.74, 6) is 0.697. The highest BCUT2D eigenvalue weighted by Crippen LogP contribution is 2.49. The first-order valence-electron chi connectivity index (χ1n) is 7.68. The molecule has 1 aromatic rings. The summed E-state index contributed by atoms with van der Waals surface area (Å²) in [5.41, 5.74) is 1.47. The summed E-state index contributed by atoms with van der Waals surface area (Å²) in [6.45, 7) is 4.52. The van der Waals surface area contributed by atoms with Gasteiger partial charge in [0.25, 0.3) is 5.69 Å². The Morgan fingerprint density at radius 1 is 1.18 bits per heavy atom. The van der Waals surface area contributed by atoms with Crippen molar-refractivity contribution < 1.29 is 14.4 Å². The van der Waals surface area contributed by atoms with Gasteiger partial charge in [-0.25, -0.2) is 0 Å². The zero-order chi connectivity index (χ0) is 15.7. The van der Waals surface area contributed by atoms with Gasteiger partial charge in [-0.1, -0.05) is 26.0 Å². The standard InChI is InChI=1S/C17H21NO4/c1-17(2)8-7-13(11-15(17)16-21-9-10-22-16)12-3-5-14(6-4-12)18(19)20/h3-6,9-10,13,15-16H,7-8,11H2,1-2H3. The van der Waals surface area contributed by atoms with Crippen LogP contribution in [0.25, 0.3) is 0 Å². The number of nitrogens with zero attached hydrogens (tertiary/aromatic N) is 1. The van der Waals surface area contributed by atoms with Gasteiger partial charge >= 0.3 is 0 Å². The molecule has 0 bridgehead atoms. The van der Waals surface area contributed by atoms with Crippen molar-refractivity contribution >= 4 is 5.69 Å². The number of ether oxygens (including phenoxy) is 2. The molecule has 0 spiro atoms. The molecule has 2 aliphatic rings. The Morgan fingerprint density at radius 3 is 2.41 bits per heavy atom. The second kappa shape index (κ2) is 5.63. The minimum absolute atomic E-state index is 0.142. The van der Waals surface area contributed by atoms with E-state index in [2.05, 4.69) is 13.8 Å². The molecule has 1 aliphatic carbocycles. The fraction of sp³-hybridized carbons (Fsp3) is 0.529. The lowest BCUT2D eigenvalue weighted by molar-refractivity contribution is -0.384. The number of rotatable bonds is 3. The summed E-state index contributed by atoms with van der Waals surface area (Å²) in [7, 11) is 0. The highest BCUT2D eigenvalue weighted by Gasteiger charge is 2.43. The molecule has 0 aromatic heterocycles. The first kappa shape index (κ1) is 14.9. The van der Waals surface area contributed by atoms with Crippen molar-refractivity contribution in [3.05, 3.63) is 52.5 Å². The first-order chi connectivity index (χ1) is 10.5. The topological polar surface area (TPSA) is 61.6 Å². The van der Waals surface area contributed by atoms with Gasteiger partial charge in [-0.05, 0) is 36.2 Å². The fourth-order valence-corrected chi connectivity index (χ4v) is 3.57. The molecule has 1 aliphatic heterocycles. The summed E-state index contributed by atoms with van der Waals surface area (Å²) < 4.78 is 11.1. The van der Waals surface area contributed by atoms with E-state index in [9.17, 15) is 10.1 Å². The Hall–Kier alpha value is -2.04. The highest BCUT2D eigenvalue weighted by atomic mass is 16.7. The van der Waals surface area contributed by atoms with Crippen LogP contribution in [-0.2, 0) is 9.47 Å². The number of nitro groups is 1. The van der Waals surface area contributed by atoms with Crippen LogP contribution in [0.4, 0.5) is 5.69 Å². The van der Waals surface area contributed by atoms with Gasteiger partial charge < -0.3 is 9.47 Å². The molecule has 2 unspecified atom stereocenters. The maximum atomic E-state index is 10.8. The van der Waals surface area contributed by atoms with E-state index in [4.69, 9.17) is 9.47 Å². The van der Waals surface area contributed by atoms with E-state index >= 15 is 0 Å². The molecule has 22 heavy (non-hydrogen) atoms. The van der Waals surface area contributed by atoms with Crippen molar-refractivity contribution in [2.75, 3.05) is 0 Å². The number of hydrogen-bond acceptors (Lipinski definition) is 4. The molecule has 0 radical (unpaired) electrons. The van der Waals surface area contributed by atoms with Gasteiger partial charge in [-0.2, -0.15) is 0 Å². The Kier molecular flexibility index (Phi) is 3.81. The molecule has 5 heteroatoms. The van der Waals surface area contributed by atoms with E-state index in [1.165, 1.54) is 0 Å². The van der Waals surface area contributed by atoms with Crippen LogP contribution in [0.5, 0.6) is 0 Å². The predicted octanol–water partition coefficient (Wildman–Crippen LogP) is 4.35. The molecule has 3 rings (SSSR count). The minimum atomic E-state index is -0.359. The third kappa shape index (κ3) is 2.80. The number of benzene rings is 1. The van der Waals surface area contributed by atoms with Gasteiger partial charge in [0.05, 0.1) is 4.92 Å². The average Bonchev–Trinajstić information content (AvgIpc) is 3.01. The number of non-ortho nitro benzene ring substituents is 1. The molecule has 2 atom stereocenters. The molecule has 0 saturated heterocycles. The summed E-state index contributed by atoms with van der Waals surface area (Å²) in [6.07, 6.45) is 6.14. The molecule has 1 heterocycles. The van der Waals surface area contributed by atoms with Crippen LogP contribution in [0.15, 0.2) is 36.8 Å². The van der Waals surface area contributed by atoms with Gasteiger partial charge in [-0.3, -0.25) is 10.1 Å². The maximum absolute atomic E-state index is 10.8. The van der Waals surface area contributed by atoms with Crippen LogP contribution >= 0.6 is 0 Å². The minimum Gasteiger partial charge on any atom is -0.459 e. The van der Waals surface area contributed by atoms with Gasteiger partial charge in [0.1, 0.15) is 12.5 Å². The lowest BCUT2D eigenvalue weighted by Crippen LogP contribution is -2.39. The summed E-state index contributed by atoms with van der Waals surface area (Å²) in [5, 5.41) is 10.8. The average molecular weight is 303 g/mol. The second-order valence-corrected chi connectivity index (χ2v) is 6.83. The van der Waals surface area contributed by atoms with Crippen LogP contribution in [0.1, 0.15) is 44.6 Å². The number of nitro benzene ring substituents is 1. The van der Waals surface area contributed by atoms with E-state index in [1.807, 2.05) is 12.1 Å². The Morgan fingerprint density at radius 2 is 1.82 bits per heavy atom. The molecule has 1 fully saturated rings. The summed E-state index contributed by atoms with van der Waals surface area (Å²) in [6, 6.07) is 6.95. The number of hydrogen-bond donors (Lipinski definition) is 0. The molecule has 0 amide bonds. The third-order valence-electron chi connectivity index (χ3n) is 5.06. The molecular formula is C17H21NO4. The molecule has 1 aromatic carbocycles. The van der Waals surface area contributed by atoms with Crippen molar-refractivity contribution in [2.24, 2.45) is 11.3 Å². The Labute approximate surface area is 130 Å². The van der Waals surface area contributed by atoms with E-state index in [0.717, 1.165) is 24.8 Å². The third-order valence-corrected chi connectivity index (χ3v) is 5.06. The largest absolute Gasteiger partial charge is 0.459 e. The van der Waals surface area contributed by atoms with Crippen molar-refractivity contribution in [3.63, 3.8) is 0 Å². The van der Waals surface area contributed by atoms with Crippen LogP contribution in [-0.4, -0.2) is 11.2 Å². The van der Waals surface area contributed by atoms with Crippen LogP contribution < -0.4 is 0 Å². The highest BCUT2D eigenvalue weighted by molar-refractivity contribution is 5.34. The zero-order valence-corrected chi connectivity index (χ0v) is 12.9. The molecule has 118 valence electrons. The Bertz CT molecular complexity index is 571. The van der Waals surface area contributed by atoms with E-state index in [1.54, 1.807) is 24.7 Å². The van der Waals surface area contributed by atoms with Crippen molar-refractivity contribution in [2.45, 2.75) is 45.3 Å². The van der Waals surface area contributed by atoms with E-state index in [0.29, 0.717) is 11.8 Å². The van der Waals surface area contributed by atoms with Crippen LogP contribution in [0.2, 0.25) is 0 Å². The molecule has 5 nitrogen and oxygen atoms in total. The van der Waals surface area contributed by atoms with Gasteiger partial charge in [-0.15, -0.1) is 0 Å². The SMILES string of the molecule is CC1(C)CCC(c2ccc([N+](=O)[O-])cc2)CC1C1OC=CO1. The zero-order valence-electron chi connectivity index (χ0n) is 12.9. The van der Waals surface area contributed by atoms with Crippen LogP contribution in [0, 0.1) is 21.4 Å². The quantitative estimate of drug-likeness (QED) is 0.615. The van der Waals surface area contributed by atoms with Crippen LogP contribution in [0.3, 0.4) is 0 Å².